The standard InChI is InChI=1S/C18H19N5O/c1-11(2)21-17(24)10-20-16-8-12(3)13(9-19)18-22-14-6-4-5-7-15(14)23(16)18/h4-8,11,20H,10H2,1-3H3,(H,21,24). The molecule has 6 heteroatoms. The highest BCUT2D eigenvalue weighted by molar-refractivity contribution is 5.86. The first-order valence-electron chi connectivity index (χ1n) is 7.85. The summed E-state index contributed by atoms with van der Waals surface area (Å²) in [5.74, 6) is 0.665. The van der Waals surface area contributed by atoms with Crippen LogP contribution in [0.5, 0.6) is 0 Å². The van der Waals surface area contributed by atoms with Gasteiger partial charge in [0.15, 0.2) is 5.65 Å². The van der Waals surface area contributed by atoms with Crippen LogP contribution in [0.25, 0.3) is 16.7 Å². The van der Waals surface area contributed by atoms with E-state index < -0.39 is 0 Å². The van der Waals surface area contributed by atoms with Crippen molar-refractivity contribution in [2.24, 2.45) is 0 Å². The zero-order valence-electron chi connectivity index (χ0n) is 13.9. The van der Waals surface area contributed by atoms with Crippen LogP contribution in [0.2, 0.25) is 0 Å². The number of benzene rings is 1. The maximum absolute atomic E-state index is 11.9. The predicted molar refractivity (Wildman–Crippen MR) is 93.9 cm³/mol. The maximum atomic E-state index is 11.9. The van der Waals surface area contributed by atoms with E-state index in [1.165, 1.54) is 0 Å². The van der Waals surface area contributed by atoms with Crippen molar-refractivity contribution >= 4 is 28.4 Å². The van der Waals surface area contributed by atoms with Crippen LogP contribution >= 0.6 is 0 Å². The Morgan fingerprint density at radius 2 is 2.12 bits per heavy atom. The molecule has 0 saturated carbocycles. The Balaban J connectivity index is 2.10. The van der Waals surface area contributed by atoms with Crippen molar-refractivity contribution in [2.45, 2.75) is 26.8 Å². The van der Waals surface area contributed by atoms with Crippen molar-refractivity contribution in [3.05, 3.63) is 41.5 Å². The fourth-order valence-corrected chi connectivity index (χ4v) is 2.77. The molecule has 2 heterocycles. The van der Waals surface area contributed by atoms with Crippen LogP contribution in [-0.2, 0) is 4.79 Å². The molecule has 0 spiro atoms. The van der Waals surface area contributed by atoms with Crippen LogP contribution in [-0.4, -0.2) is 27.9 Å². The quantitative estimate of drug-likeness (QED) is 0.774. The molecule has 6 nitrogen and oxygen atoms in total. The number of nitrogens with one attached hydrogen (secondary N) is 2. The number of aryl methyl sites for hydroxylation is 1. The normalized spacial score (nSPS) is 11.0. The number of rotatable bonds is 4. The van der Waals surface area contributed by atoms with Crippen molar-refractivity contribution in [1.82, 2.24) is 14.7 Å². The van der Waals surface area contributed by atoms with Gasteiger partial charge >= 0.3 is 0 Å². The van der Waals surface area contributed by atoms with E-state index in [-0.39, 0.29) is 18.5 Å². The monoisotopic (exact) mass is 321 g/mol. The first kappa shape index (κ1) is 15.8. The molecule has 3 aromatic rings. The van der Waals surface area contributed by atoms with Gasteiger partial charge in [-0.15, -0.1) is 0 Å². The molecule has 0 radical (unpaired) electrons. The summed E-state index contributed by atoms with van der Waals surface area (Å²) in [4.78, 5) is 16.5. The van der Waals surface area contributed by atoms with Gasteiger partial charge in [-0.3, -0.25) is 9.20 Å². The Morgan fingerprint density at radius 3 is 2.83 bits per heavy atom. The summed E-state index contributed by atoms with van der Waals surface area (Å²) in [6, 6.07) is 11.9. The van der Waals surface area contributed by atoms with Crippen LogP contribution in [0.3, 0.4) is 0 Å². The average molecular weight is 321 g/mol. The van der Waals surface area contributed by atoms with Crippen molar-refractivity contribution in [2.75, 3.05) is 11.9 Å². The molecule has 122 valence electrons. The molecular formula is C18H19N5O. The number of nitriles is 1. The van der Waals surface area contributed by atoms with Gasteiger partial charge in [-0.25, -0.2) is 4.98 Å². The Bertz CT molecular complexity index is 965. The Labute approximate surface area is 140 Å². The van der Waals surface area contributed by atoms with E-state index in [1.807, 2.05) is 55.5 Å². The maximum Gasteiger partial charge on any atom is 0.239 e. The SMILES string of the molecule is Cc1cc(NCC(=O)NC(C)C)n2c(nc3ccccc32)c1C#N. The van der Waals surface area contributed by atoms with Crippen LogP contribution in [0.15, 0.2) is 30.3 Å². The van der Waals surface area contributed by atoms with Gasteiger partial charge in [-0.2, -0.15) is 5.26 Å². The number of carbonyl (C=O) groups excluding carboxylic acids is 1. The summed E-state index contributed by atoms with van der Waals surface area (Å²) < 4.78 is 1.89. The minimum Gasteiger partial charge on any atom is -0.362 e. The van der Waals surface area contributed by atoms with Crippen molar-refractivity contribution in [1.29, 1.82) is 5.26 Å². The van der Waals surface area contributed by atoms with Gasteiger partial charge in [0.2, 0.25) is 5.91 Å². The molecule has 0 aliphatic carbocycles. The molecule has 0 unspecified atom stereocenters. The first-order chi connectivity index (χ1) is 11.5. The van der Waals surface area contributed by atoms with Gasteiger partial charge in [-0.1, -0.05) is 12.1 Å². The third kappa shape index (κ3) is 2.76. The summed E-state index contributed by atoms with van der Waals surface area (Å²) in [6.45, 7) is 5.87. The van der Waals surface area contributed by atoms with E-state index in [2.05, 4.69) is 21.7 Å². The van der Waals surface area contributed by atoms with E-state index in [9.17, 15) is 10.1 Å². The smallest absolute Gasteiger partial charge is 0.239 e. The summed E-state index contributed by atoms with van der Waals surface area (Å²) >= 11 is 0. The highest BCUT2D eigenvalue weighted by Gasteiger charge is 2.15. The average Bonchev–Trinajstić information content (AvgIpc) is 2.91. The van der Waals surface area contributed by atoms with Crippen LogP contribution in [0.4, 0.5) is 5.82 Å². The lowest BCUT2D eigenvalue weighted by atomic mass is 10.1. The number of nitrogens with zero attached hydrogens (tertiary/aromatic N) is 3. The third-order valence-electron chi connectivity index (χ3n) is 3.76. The largest absolute Gasteiger partial charge is 0.362 e. The predicted octanol–water partition coefficient (Wildman–Crippen LogP) is 2.60. The van der Waals surface area contributed by atoms with Crippen LogP contribution in [0, 0.1) is 18.3 Å². The molecule has 1 aromatic carbocycles. The van der Waals surface area contributed by atoms with Crippen molar-refractivity contribution in [3.8, 4) is 6.07 Å². The van der Waals surface area contributed by atoms with E-state index >= 15 is 0 Å². The summed E-state index contributed by atoms with van der Waals surface area (Å²) in [5.41, 5.74) is 3.69. The number of aromatic nitrogens is 2. The van der Waals surface area contributed by atoms with Gasteiger partial charge in [0, 0.05) is 6.04 Å². The minimum atomic E-state index is -0.0791. The van der Waals surface area contributed by atoms with E-state index in [1.54, 1.807) is 0 Å². The topological polar surface area (TPSA) is 82.2 Å². The second kappa shape index (κ2) is 6.20. The number of hydrogen-bond donors (Lipinski definition) is 2. The molecule has 0 fully saturated rings. The molecule has 0 saturated heterocycles. The third-order valence-corrected chi connectivity index (χ3v) is 3.76. The zero-order chi connectivity index (χ0) is 17.3. The number of para-hydroxylation sites is 2. The number of amides is 1. The molecule has 3 rings (SSSR count). The van der Waals surface area contributed by atoms with E-state index in [0.29, 0.717) is 11.2 Å². The lowest BCUT2D eigenvalue weighted by Crippen LogP contribution is -2.35. The van der Waals surface area contributed by atoms with Crippen molar-refractivity contribution < 1.29 is 4.79 Å². The van der Waals surface area contributed by atoms with Gasteiger partial charge in [0.25, 0.3) is 0 Å². The second-order valence-corrected chi connectivity index (χ2v) is 6.03. The molecule has 24 heavy (non-hydrogen) atoms. The molecule has 0 aliphatic rings. The zero-order valence-corrected chi connectivity index (χ0v) is 13.9. The van der Waals surface area contributed by atoms with Crippen molar-refractivity contribution in [3.63, 3.8) is 0 Å². The number of carbonyl (C=O) groups is 1. The fourth-order valence-electron chi connectivity index (χ4n) is 2.77. The van der Waals surface area contributed by atoms with Gasteiger partial charge in [0.05, 0.1) is 23.1 Å². The number of hydrogen-bond acceptors (Lipinski definition) is 4. The lowest BCUT2D eigenvalue weighted by molar-refractivity contribution is -0.119. The van der Waals surface area contributed by atoms with Crippen LogP contribution < -0.4 is 10.6 Å². The fraction of sp³-hybridized carbons (Fsp3) is 0.278. The minimum absolute atomic E-state index is 0.0791. The molecule has 2 N–H and O–H groups in total. The number of pyridine rings is 1. The molecular weight excluding hydrogens is 302 g/mol. The lowest BCUT2D eigenvalue weighted by Gasteiger charge is -2.13. The summed E-state index contributed by atoms with van der Waals surface area (Å²) in [6.07, 6.45) is 0. The molecule has 0 aliphatic heterocycles. The molecule has 1 amide bonds. The number of imidazole rings is 1. The highest BCUT2D eigenvalue weighted by Crippen LogP contribution is 2.26. The van der Waals surface area contributed by atoms with Gasteiger partial charge in [0.1, 0.15) is 11.9 Å². The molecule has 0 atom stereocenters. The highest BCUT2D eigenvalue weighted by atomic mass is 16.1. The number of fused-ring (bicyclic) bond motifs is 3. The van der Waals surface area contributed by atoms with E-state index in [4.69, 9.17) is 0 Å². The second-order valence-electron chi connectivity index (χ2n) is 6.03. The molecule has 0 bridgehead atoms. The summed E-state index contributed by atoms with van der Waals surface area (Å²) in [5, 5.41) is 15.5. The Kier molecular flexibility index (Phi) is 4.09. The number of anilines is 1. The van der Waals surface area contributed by atoms with Gasteiger partial charge < -0.3 is 10.6 Å². The Hall–Kier alpha value is -3.07. The van der Waals surface area contributed by atoms with Gasteiger partial charge in [-0.05, 0) is 44.5 Å². The van der Waals surface area contributed by atoms with Crippen LogP contribution in [0.1, 0.15) is 25.0 Å². The Morgan fingerprint density at radius 1 is 1.38 bits per heavy atom. The van der Waals surface area contributed by atoms with E-state index in [0.717, 1.165) is 22.4 Å². The molecule has 2 aromatic heterocycles. The summed E-state index contributed by atoms with van der Waals surface area (Å²) in [7, 11) is 0. The first-order valence-corrected chi connectivity index (χ1v) is 7.85.